The summed E-state index contributed by atoms with van der Waals surface area (Å²) in [5, 5.41) is 14.2. The number of rotatable bonds is 9. The number of pyridine rings is 1. The van der Waals surface area contributed by atoms with Crippen LogP contribution in [0.15, 0.2) is 53.6 Å². The van der Waals surface area contributed by atoms with Gasteiger partial charge >= 0.3 is 5.69 Å². The Balaban J connectivity index is 1.46. The Morgan fingerprint density at radius 1 is 1.14 bits per heavy atom. The van der Waals surface area contributed by atoms with Gasteiger partial charge in [-0.1, -0.05) is 31.5 Å². The van der Waals surface area contributed by atoms with Crippen molar-refractivity contribution in [3.8, 4) is 22.5 Å². The first-order chi connectivity index (χ1) is 17.0. The minimum atomic E-state index is -0.0597. The fraction of sp³-hybridized carbons (Fsp3) is 0.385. The van der Waals surface area contributed by atoms with E-state index in [1.54, 1.807) is 17.7 Å². The Bertz CT molecular complexity index is 1390. The normalized spacial score (nSPS) is 17.3. The van der Waals surface area contributed by atoms with Gasteiger partial charge in [0.2, 0.25) is 5.82 Å². The van der Waals surface area contributed by atoms with Crippen LogP contribution in [-0.2, 0) is 17.8 Å². The van der Waals surface area contributed by atoms with E-state index >= 15 is 0 Å². The molecule has 0 radical (unpaired) electrons. The number of aryl methyl sites for hydroxylation is 1. The van der Waals surface area contributed by atoms with Crippen LogP contribution in [0.1, 0.15) is 57.0 Å². The first-order valence-electron chi connectivity index (χ1n) is 12.2. The van der Waals surface area contributed by atoms with E-state index < -0.39 is 0 Å². The number of hydrogen-bond donors (Lipinski definition) is 1. The van der Waals surface area contributed by atoms with Crippen molar-refractivity contribution in [3.63, 3.8) is 0 Å². The van der Waals surface area contributed by atoms with Crippen LogP contribution < -0.4 is 5.69 Å². The number of nitrogens with zero attached hydrogens (tertiary/aromatic N) is 6. The highest BCUT2D eigenvalue weighted by molar-refractivity contribution is 5.79. The molecule has 5 rings (SSSR count). The van der Waals surface area contributed by atoms with Crippen molar-refractivity contribution in [3.05, 3.63) is 70.7 Å². The summed E-state index contributed by atoms with van der Waals surface area (Å²) < 4.78 is 3.62. The molecule has 0 amide bonds. The van der Waals surface area contributed by atoms with Gasteiger partial charge < -0.3 is 0 Å². The third kappa shape index (κ3) is 4.58. The molecule has 180 valence electrons. The lowest BCUT2D eigenvalue weighted by atomic mass is 9.77. The molecule has 0 spiro atoms. The number of Topliss-reactive ketones (excluding diaryl/α,β-unsaturated/α-hetero) is 1. The molecule has 3 aromatic heterocycles. The van der Waals surface area contributed by atoms with Crippen molar-refractivity contribution in [1.29, 1.82) is 0 Å². The third-order valence-electron chi connectivity index (χ3n) is 6.93. The SMILES string of the molecule is CCCCc1cn(C2CCC2C(C)=O)c(=O)n1Cc1cc(-c2cccc(-c3nn[nH]n3)c2)ccn1. The molecule has 1 fully saturated rings. The minimum Gasteiger partial charge on any atom is -0.300 e. The molecule has 35 heavy (non-hydrogen) atoms. The van der Waals surface area contributed by atoms with E-state index in [2.05, 4.69) is 32.5 Å². The largest absolute Gasteiger partial charge is 0.328 e. The Hall–Kier alpha value is -3.88. The third-order valence-corrected chi connectivity index (χ3v) is 6.93. The number of aromatic amines is 1. The lowest BCUT2D eigenvalue weighted by molar-refractivity contribution is -0.125. The highest BCUT2D eigenvalue weighted by atomic mass is 16.2. The van der Waals surface area contributed by atoms with E-state index in [0.717, 1.165) is 60.2 Å². The van der Waals surface area contributed by atoms with E-state index in [9.17, 15) is 9.59 Å². The summed E-state index contributed by atoms with van der Waals surface area (Å²) in [6.07, 6.45) is 8.33. The first kappa shape index (κ1) is 22.9. The molecule has 2 atom stereocenters. The summed E-state index contributed by atoms with van der Waals surface area (Å²) in [7, 11) is 0. The maximum Gasteiger partial charge on any atom is 0.328 e. The molecule has 3 heterocycles. The van der Waals surface area contributed by atoms with Gasteiger partial charge in [-0.25, -0.2) is 4.79 Å². The van der Waals surface area contributed by atoms with Crippen LogP contribution in [0.4, 0.5) is 0 Å². The number of aromatic nitrogens is 7. The molecule has 1 aliphatic rings. The number of nitrogens with one attached hydrogen (secondary N) is 1. The van der Waals surface area contributed by atoms with Crippen LogP contribution >= 0.6 is 0 Å². The fourth-order valence-corrected chi connectivity index (χ4v) is 4.83. The molecular weight excluding hydrogens is 442 g/mol. The van der Waals surface area contributed by atoms with Crippen molar-refractivity contribution in [2.24, 2.45) is 5.92 Å². The Labute approximate surface area is 203 Å². The minimum absolute atomic E-state index is 0.0335. The van der Waals surface area contributed by atoms with Crippen molar-refractivity contribution < 1.29 is 4.79 Å². The molecule has 1 N–H and O–H groups in total. The predicted molar refractivity (Wildman–Crippen MR) is 132 cm³/mol. The molecule has 1 aromatic carbocycles. The zero-order valence-electron chi connectivity index (χ0n) is 20.0. The lowest BCUT2D eigenvalue weighted by Gasteiger charge is -2.35. The first-order valence-corrected chi connectivity index (χ1v) is 12.2. The van der Waals surface area contributed by atoms with Gasteiger partial charge in [-0.3, -0.25) is 18.9 Å². The zero-order valence-corrected chi connectivity index (χ0v) is 20.0. The Morgan fingerprint density at radius 3 is 2.69 bits per heavy atom. The zero-order chi connectivity index (χ0) is 24.4. The number of tetrazole rings is 1. The maximum atomic E-state index is 13.5. The van der Waals surface area contributed by atoms with Crippen LogP contribution in [0.3, 0.4) is 0 Å². The number of ketones is 1. The molecular formula is C26H29N7O2. The van der Waals surface area contributed by atoms with Crippen molar-refractivity contribution >= 4 is 5.78 Å². The Morgan fingerprint density at radius 2 is 1.97 bits per heavy atom. The summed E-state index contributed by atoms with van der Waals surface area (Å²) in [6, 6.07) is 11.9. The van der Waals surface area contributed by atoms with E-state index in [0.29, 0.717) is 12.4 Å². The van der Waals surface area contributed by atoms with Gasteiger partial charge in [0.1, 0.15) is 5.78 Å². The molecule has 1 saturated carbocycles. The summed E-state index contributed by atoms with van der Waals surface area (Å²) in [6.45, 7) is 4.16. The molecule has 1 aliphatic carbocycles. The molecule has 9 heteroatoms. The second-order valence-electron chi connectivity index (χ2n) is 9.21. The van der Waals surface area contributed by atoms with Gasteiger partial charge in [0.25, 0.3) is 0 Å². The van der Waals surface area contributed by atoms with Gasteiger partial charge in [0, 0.05) is 35.6 Å². The van der Waals surface area contributed by atoms with Gasteiger partial charge in [-0.15, -0.1) is 10.2 Å². The fourth-order valence-electron chi connectivity index (χ4n) is 4.83. The number of imidazole rings is 1. The Kier molecular flexibility index (Phi) is 6.39. The summed E-state index contributed by atoms with van der Waals surface area (Å²) in [5.41, 5.74) is 4.62. The van der Waals surface area contributed by atoms with Crippen molar-refractivity contribution in [1.82, 2.24) is 34.7 Å². The highest BCUT2D eigenvalue weighted by Crippen LogP contribution is 2.38. The van der Waals surface area contributed by atoms with Gasteiger partial charge in [-0.05, 0) is 67.1 Å². The average Bonchev–Trinajstić information content (AvgIpc) is 3.47. The summed E-state index contributed by atoms with van der Waals surface area (Å²) in [4.78, 5) is 30.0. The van der Waals surface area contributed by atoms with E-state index in [1.807, 2.05) is 47.2 Å². The van der Waals surface area contributed by atoms with Gasteiger partial charge in [-0.2, -0.15) is 5.21 Å². The predicted octanol–water partition coefficient (Wildman–Crippen LogP) is 3.82. The van der Waals surface area contributed by atoms with Gasteiger partial charge in [0.15, 0.2) is 0 Å². The summed E-state index contributed by atoms with van der Waals surface area (Å²) in [5.74, 6) is 0.637. The highest BCUT2D eigenvalue weighted by Gasteiger charge is 2.37. The van der Waals surface area contributed by atoms with E-state index in [1.165, 1.54) is 0 Å². The van der Waals surface area contributed by atoms with Crippen molar-refractivity contribution in [2.75, 3.05) is 0 Å². The van der Waals surface area contributed by atoms with Crippen LogP contribution in [0.5, 0.6) is 0 Å². The number of carbonyl (C=O) groups excluding carboxylic acids is 1. The van der Waals surface area contributed by atoms with Crippen LogP contribution in [0.2, 0.25) is 0 Å². The van der Waals surface area contributed by atoms with E-state index in [4.69, 9.17) is 0 Å². The average molecular weight is 472 g/mol. The van der Waals surface area contributed by atoms with Crippen molar-refractivity contribution in [2.45, 2.75) is 58.5 Å². The number of carbonyl (C=O) groups is 1. The topological polar surface area (TPSA) is 111 Å². The van der Waals surface area contributed by atoms with Crippen LogP contribution in [0.25, 0.3) is 22.5 Å². The molecule has 9 nitrogen and oxygen atoms in total. The molecule has 0 aliphatic heterocycles. The quantitative estimate of drug-likeness (QED) is 0.397. The molecule has 0 saturated heterocycles. The number of hydrogen-bond acceptors (Lipinski definition) is 6. The monoisotopic (exact) mass is 471 g/mol. The maximum absolute atomic E-state index is 13.5. The smallest absolute Gasteiger partial charge is 0.300 e. The second-order valence-corrected chi connectivity index (χ2v) is 9.21. The van der Waals surface area contributed by atoms with Gasteiger partial charge in [0.05, 0.1) is 12.2 Å². The van der Waals surface area contributed by atoms with Crippen LogP contribution in [0, 0.1) is 5.92 Å². The number of H-pyrrole nitrogens is 1. The van der Waals surface area contributed by atoms with E-state index in [-0.39, 0.29) is 23.4 Å². The number of benzene rings is 1. The molecule has 2 unspecified atom stereocenters. The summed E-state index contributed by atoms with van der Waals surface area (Å²) >= 11 is 0. The number of unbranched alkanes of at least 4 members (excludes halogenated alkanes) is 1. The molecule has 0 bridgehead atoms. The lowest BCUT2D eigenvalue weighted by Crippen LogP contribution is -2.39. The standard InChI is InChI=1S/C26H29N7O2/c1-3-4-8-22-16-33(24-10-9-23(24)17(2)34)26(35)32(22)15-21-14-19(11-12-27-21)18-6-5-7-20(13-18)25-28-30-31-29-25/h5-7,11-14,16,23-24H,3-4,8-10,15H2,1-2H3,(H,28,29,30,31). The second kappa shape index (κ2) is 9.77. The van der Waals surface area contributed by atoms with Crippen LogP contribution in [-0.4, -0.2) is 40.5 Å². The molecule has 4 aromatic rings.